The van der Waals surface area contributed by atoms with Crippen LogP contribution < -0.4 is 15.0 Å². The molecule has 0 aromatic heterocycles. The summed E-state index contributed by atoms with van der Waals surface area (Å²) < 4.78 is 6.42. The molecule has 2 fully saturated rings. The van der Waals surface area contributed by atoms with Crippen molar-refractivity contribution >= 4 is 34.0 Å². The summed E-state index contributed by atoms with van der Waals surface area (Å²) in [5, 5.41) is 6.31. The third-order valence-electron chi connectivity index (χ3n) is 7.38. The van der Waals surface area contributed by atoms with Crippen LogP contribution in [-0.2, 0) is 4.79 Å². The Morgan fingerprint density at radius 2 is 1.82 bits per heavy atom. The van der Waals surface area contributed by atoms with Crippen LogP contribution in [0, 0.1) is 12.8 Å². The number of rotatable bonds is 5. The number of hydrogen-bond acceptors (Lipinski definition) is 4. The van der Waals surface area contributed by atoms with Gasteiger partial charge in [-0.3, -0.25) is 9.69 Å². The fourth-order valence-corrected chi connectivity index (χ4v) is 5.73. The Morgan fingerprint density at radius 1 is 1.03 bits per heavy atom. The van der Waals surface area contributed by atoms with E-state index in [0.29, 0.717) is 24.0 Å². The molecule has 3 aromatic carbocycles. The summed E-state index contributed by atoms with van der Waals surface area (Å²) in [6.07, 6.45) is 1.89. The number of carbonyl (C=O) groups excluding carboxylic acids is 1. The smallest absolute Gasteiger partial charge is 0.269 e. The Morgan fingerprint density at radius 3 is 2.59 bits per heavy atom. The highest BCUT2D eigenvalue weighted by Crippen LogP contribution is 2.44. The first kappa shape index (κ1) is 21.9. The molecule has 5 nitrogen and oxygen atoms in total. The van der Waals surface area contributed by atoms with E-state index in [1.165, 1.54) is 23.8 Å². The second-order valence-electron chi connectivity index (χ2n) is 9.92. The minimum Gasteiger partial charge on any atom is -0.477 e. The highest BCUT2D eigenvalue weighted by atomic mass is 35.5. The van der Waals surface area contributed by atoms with E-state index >= 15 is 0 Å². The molecule has 3 aromatic rings. The first-order valence-corrected chi connectivity index (χ1v) is 12.7. The number of ether oxygens (including phenoxy) is 1. The molecule has 3 aliphatic heterocycles. The quantitative estimate of drug-likeness (QED) is 0.571. The van der Waals surface area contributed by atoms with Gasteiger partial charge in [-0.2, -0.15) is 0 Å². The van der Waals surface area contributed by atoms with Crippen LogP contribution in [0.15, 0.2) is 48.5 Å². The SMILES string of the molecule is Cc1cc(-c2cc3c(cc2Cl)N(CC2CNC2)C(=O)C(CN2CCCC2)O3)c2ccccc2c1. The summed E-state index contributed by atoms with van der Waals surface area (Å²) >= 11 is 6.91. The molecule has 0 bridgehead atoms. The summed E-state index contributed by atoms with van der Waals surface area (Å²) in [4.78, 5) is 17.8. The van der Waals surface area contributed by atoms with Crippen LogP contribution in [-0.4, -0.2) is 56.2 Å². The summed E-state index contributed by atoms with van der Waals surface area (Å²) in [6, 6.07) is 16.7. The third kappa shape index (κ3) is 3.96. The summed E-state index contributed by atoms with van der Waals surface area (Å²) in [5.74, 6) is 1.26. The lowest BCUT2D eigenvalue weighted by Crippen LogP contribution is -2.55. The normalized spacial score (nSPS) is 20.9. The van der Waals surface area contributed by atoms with Gasteiger partial charge >= 0.3 is 0 Å². The van der Waals surface area contributed by atoms with E-state index in [1.807, 2.05) is 17.0 Å². The number of nitrogens with one attached hydrogen (secondary N) is 1. The van der Waals surface area contributed by atoms with E-state index in [1.54, 1.807) is 0 Å². The Bertz CT molecular complexity index is 1250. The van der Waals surface area contributed by atoms with E-state index in [-0.39, 0.29) is 5.91 Å². The van der Waals surface area contributed by atoms with Gasteiger partial charge in [0.1, 0.15) is 5.75 Å². The molecule has 1 unspecified atom stereocenters. The molecular formula is C28H30ClN3O2. The number of aryl methyl sites for hydroxylation is 1. The maximum Gasteiger partial charge on any atom is 0.269 e. The summed E-state index contributed by atoms with van der Waals surface area (Å²) in [6.45, 7) is 7.40. The van der Waals surface area contributed by atoms with Crippen molar-refractivity contribution in [1.29, 1.82) is 0 Å². The van der Waals surface area contributed by atoms with Crippen LogP contribution >= 0.6 is 11.6 Å². The predicted molar refractivity (Wildman–Crippen MR) is 138 cm³/mol. The van der Waals surface area contributed by atoms with Gasteiger partial charge in [-0.25, -0.2) is 0 Å². The topological polar surface area (TPSA) is 44.8 Å². The molecule has 0 aliphatic carbocycles. The Hall–Kier alpha value is -2.60. The average Bonchev–Trinajstić information content (AvgIpc) is 3.31. The van der Waals surface area contributed by atoms with Gasteiger partial charge < -0.3 is 15.0 Å². The third-order valence-corrected chi connectivity index (χ3v) is 7.69. The number of halogens is 1. The molecule has 1 amide bonds. The molecule has 0 spiro atoms. The fraction of sp³-hybridized carbons (Fsp3) is 0.393. The number of fused-ring (bicyclic) bond motifs is 2. The molecule has 6 heteroatoms. The molecular weight excluding hydrogens is 446 g/mol. The van der Waals surface area contributed by atoms with E-state index in [9.17, 15) is 4.79 Å². The minimum atomic E-state index is -0.484. The molecule has 1 atom stereocenters. The van der Waals surface area contributed by atoms with E-state index in [4.69, 9.17) is 16.3 Å². The van der Waals surface area contributed by atoms with Gasteiger partial charge in [-0.15, -0.1) is 0 Å². The Kier molecular flexibility index (Phi) is 5.72. The monoisotopic (exact) mass is 475 g/mol. The number of nitrogens with zero attached hydrogens (tertiary/aromatic N) is 2. The predicted octanol–water partition coefficient (Wildman–Crippen LogP) is 4.88. The van der Waals surface area contributed by atoms with Crippen LogP contribution in [0.3, 0.4) is 0 Å². The van der Waals surface area contributed by atoms with Gasteiger partial charge in [0.15, 0.2) is 6.10 Å². The fourth-order valence-electron chi connectivity index (χ4n) is 5.47. The van der Waals surface area contributed by atoms with E-state index in [0.717, 1.165) is 54.1 Å². The van der Waals surface area contributed by atoms with Crippen molar-refractivity contribution in [3.63, 3.8) is 0 Å². The number of amides is 1. The number of anilines is 1. The zero-order valence-electron chi connectivity index (χ0n) is 19.5. The highest BCUT2D eigenvalue weighted by Gasteiger charge is 2.38. The minimum absolute atomic E-state index is 0.0520. The van der Waals surface area contributed by atoms with Gasteiger partial charge in [0.25, 0.3) is 5.91 Å². The molecule has 6 rings (SSSR count). The van der Waals surface area contributed by atoms with Gasteiger partial charge in [-0.05, 0) is 66.9 Å². The van der Waals surface area contributed by atoms with Crippen molar-refractivity contribution in [2.24, 2.45) is 5.92 Å². The van der Waals surface area contributed by atoms with Crippen LogP contribution in [0.25, 0.3) is 21.9 Å². The average molecular weight is 476 g/mol. The van der Waals surface area contributed by atoms with Crippen molar-refractivity contribution in [1.82, 2.24) is 10.2 Å². The maximum atomic E-state index is 13.5. The first-order valence-electron chi connectivity index (χ1n) is 12.3. The summed E-state index contributed by atoms with van der Waals surface area (Å²) in [7, 11) is 0. The second-order valence-corrected chi connectivity index (χ2v) is 10.3. The molecule has 3 heterocycles. The van der Waals surface area contributed by atoms with Gasteiger partial charge in [0, 0.05) is 37.7 Å². The zero-order valence-corrected chi connectivity index (χ0v) is 20.3. The molecule has 0 saturated carbocycles. The Balaban J connectivity index is 1.43. The van der Waals surface area contributed by atoms with Crippen LogP contribution in [0.5, 0.6) is 5.75 Å². The highest BCUT2D eigenvalue weighted by molar-refractivity contribution is 6.34. The van der Waals surface area contributed by atoms with Crippen LogP contribution in [0.2, 0.25) is 5.02 Å². The molecule has 34 heavy (non-hydrogen) atoms. The van der Waals surface area contributed by atoms with Crippen molar-refractivity contribution < 1.29 is 9.53 Å². The van der Waals surface area contributed by atoms with Gasteiger partial charge in [0.2, 0.25) is 0 Å². The van der Waals surface area contributed by atoms with Crippen LogP contribution in [0.1, 0.15) is 18.4 Å². The molecule has 2 saturated heterocycles. The van der Waals surface area contributed by atoms with Crippen molar-refractivity contribution in [2.45, 2.75) is 25.9 Å². The van der Waals surface area contributed by atoms with Crippen molar-refractivity contribution in [2.75, 3.05) is 44.2 Å². The van der Waals surface area contributed by atoms with Gasteiger partial charge in [-0.1, -0.05) is 48.0 Å². The molecule has 0 radical (unpaired) electrons. The van der Waals surface area contributed by atoms with Crippen LogP contribution in [0.4, 0.5) is 5.69 Å². The van der Waals surface area contributed by atoms with Crippen molar-refractivity contribution in [3.05, 3.63) is 59.1 Å². The lowest BCUT2D eigenvalue weighted by Gasteiger charge is -2.39. The Labute approximate surface area is 205 Å². The van der Waals surface area contributed by atoms with E-state index in [2.05, 4.69) is 53.5 Å². The first-order chi connectivity index (χ1) is 16.6. The molecule has 3 aliphatic rings. The lowest BCUT2D eigenvalue weighted by atomic mass is 9.94. The maximum absolute atomic E-state index is 13.5. The van der Waals surface area contributed by atoms with Gasteiger partial charge in [0.05, 0.1) is 10.7 Å². The van der Waals surface area contributed by atoms with E-state index < -0.39 is 6.10 Å². The molecule has 176 valence electrons. The zero-order chi connectivity index (χ0) is 23.2. The second kappa shape index (κ2) is 8.88. The standard InChI is InChI=1S/C28H30ClN3O2/c1-18-10-20-6-2-3-7-21(20)22(11-18)23-12-26-25(13-24(23)29)32(16-19-14-30-15-19)28(33)27(34-26)17-31-8-4-5-9-31/h2-3,6-7,10-13,19,27,30H,4-5,8-9,14-17H2,1H3. The summed E-state index contributed by atoms with van der Waals surface area (Å²) in [5.41, 5.74) is 4.01. The number of hydrogen-bond donors (Lipinski definition) is 1. The largest absolute Gasteiger partial charge is 0.477 e. The molecule has 1 N–H and O–H groups in total. The number of likely N-dealkylation sites (tertiary alicyclic amines) is 1. The number of carbonyl (C=O) groups is 1. The van der Waals surface area contributed by atoms with Crippen molar-refractivity contribution in [3.8, 4) is 16.9 Å². The number of benzene rings is 3. The lowest BCUT2D eigenvalue weighted by molar-refractivity contribution is -0.127.